The third kappa shape index (κ3) is 1.82. The van der Waals surface area contributed by atoms with Crippen LogP contribution in [0.2, 0.25) is 0 Å². The van der Waals surface area contributed by atoms with Gasteiger partial charge in [-0.2, -0.15) is 0 Å². The molecule has 3 heterocycles. The summed E-state index contributed by atoms with van der Waals surface area (Å²) in [4.78, 5) is 4.73. The molecule has 2 aromatic heterocycles. The number of hydrogen-bond donors (Lipinski definition) is 1. The Balaban J connectivity index is 1.91. The molecule has 112 valence electrons. The highest BCUT2D eigenvalue weighted by Gasteiger charge is 2.17. The summed E-state index contributed by atoms with van der Waals surface area (Å²) in [5, 5.41) is 0. The average molecular weight is 295 g/mol. The van der Waals surface area contributed by atoms with Crippen molar-refractivity contribution >= 4 is 11.3 Å². The van der Waals surface area contributed by atoms with Gasteiger partial charge in [-0.15, -0.1) is 0 Å². The van der Waals surface area contributed by atoms with E-state index in [1.54, 1.807) is 0 Å². The van der Waals surface area contributed by atoms with E-state index >= 15 is 0 Å². The van der Waals surface area contributed by atoms with E-state index in [1.165, 1.54) is 0 Å². The predicted molar refractivity (Wildman–Crippen MR) is 85.5 cm³/mol. The average Bonchev–Trinajstić information content (AvgIpc) is 2.88. The van der Waals surface area contributed by atoms with Gasteiger partial charge in [-0.25, -0.2) is 4.98 Å². The van der Waals surface area contributed by atoms with E-state index in [-0.39, 0.29) is 0 Å². The van der Waals surface area contributed by atoms with Gasteiger partial charge in [0.15, 0.2) is 17.1 Å². The number of nitrogen functional groups attached to an aromatic ring is 1. The van der Waals surface area contributed by atoms with E-state index in [4.69, 9.17) is 20.2 Å². The summed E-state index contributed by atoms with van der Waals surface area (Å²) in [6.45, 7) is 5.20. The van der Waals surface area contributed by atoms with Crippen LogP contribution in [0.1, 0.15) is 11.3 Å². The number of ether oxygens (including phenoxy) is 2. The molecule has 5 heteroatoms. The Hall–Kier alpha value is -2.69. The van der Waals surface area contributed by atoms with Crippen molar-refractivity contribution in [2.45, 2.75) is 13.8 Å². The Morgan fingerprint density at radius 3 is 2.68 bits per heavy atom. The lowest BCUT2D eigenvalue weighted by atomic mass is 10.1. The molecule has 22 heavy (non-hydrogen) atoms. The molecule has 5 nitrogen and oxygen atoms in total. The Bertz CT molecular complexity index is 883. The fraction of sp³-hybridized carbons (Fsp3) is 0.235. The van der Waals surface area contributed by atoms with Crippen LogP contribution in [-0.2, 0) is 0 Å². The second kappa shape index (κ2) is 4.66. The van der Waals surface area contributed by atoms with Gasteiger partial charge in [0, 0.05) is 17.5 Å². The van der Waals surface area contributed by atoms with Crippen molar-refractivity contribution in [2.75, 3.05) is 18.9 Å². The molecular weight excluding hydrogens is 278 g/mol. The molecule has 3 aromatic rings. The highest BCUT2D eigenvalue weighted by atomic mass is 16.6. The molecule has 0 unspecified atom stereocenters. The molecule has 0 spiro atoms. The molecule has 0 bridgehead atoms. The van der Waals surface area contributed by atoms with E-state index in [2.05, 4.69) is 0 Å². The predicted octanol–water partition coefficient (Wildman–Crippen LogP) is 2.97. The van der Waals surface area contributed by atoms with Gasteiger partial charge in [0.2, 0.25) is 0 Å². The lowest BCUT2D eigenvalue weighted by molar-refractivity contribution is 0.171. The zero-order chi connectivity index (χ0) is 15.3. The molecule has 0 amide bonds. The highest BCUT2D eigenvalue weighted by Crippen LogP contribution is 2.36. The summed E-state index contributed by atoms with van der Waals surface area (Å²) in [5.74, 6) is 1.55. The molecule has 1 aliphatic rings. The van der Waals surface area contributed by atoms with Crippen molar-refractivity contribution in [3.8, 4) is 22.8 Å². The van der Waals surface area contributed by atoms with Crippen LogP contribution in [0.3, 0.4) is 0 Å². The second-order valence-corrected chi connectivity index (χ2v) is 5.51. The molecule has 0 saturated carbocycles. The summed E-state index contributed by atoms with van der Waals surface area (Å²) < 4.78 is 13.2. The minimum Gasteiger partial charge on any atom is -0.486 e. The molecule has 1 aliphatic heterocycles. The molecule has 0 radical (unpaired) electrons. The monoisotopic (exact) mass is 295 g/mol. The third-order valence-electron chi connectivity index (χ3n) is 4.10. The van der Waals surface area contributed by atoms with E-state index in [1.807, 2.05) is 48.7 Å². The maximum atomic E-state index is 6.16. The molecule has 0 aliphatic carbocycles. The number of anilines is 1. The first kappa shape index (κ1) is 13.0. The van der Waals surface area contributed by atoms with Crippen LogP contribution in [-0.4, -0.2) is 22.6 Å². The van der Waals surface area contributed by atoms with Gasteiger partial charge in [0.1, 0.15) is 13.2 Å². The Morgan fingerprint density at radius 1 is 1.09 bits per heavy atom. The molecule has 2 N–H and O–H groups in total. The van der Waals surface area contributed by atoms with Crippen molar-refractivity contribution < 1.29 is 9.47 Å². The normalized spacial score (nSPS) is 13.5. The largest absolute Gasteiger partial charge is 0.486 e. The molecule has 1 aromatic carbocycles. The first-order valence-electron chi connectivity index (χ1n) is 7.29. The topological polar surface area (TPSA) is 61.8 Å². The minimum atomic E-state index is 0.576. The Kier molecular flexibility index (Phi) is 2.76. The van der Waals surface area contributed by atoms with Gasteiger partial charge >= 0.3 is 0 Å². The number of aromatic nitrogens is 2. The summed E-state index contributed by atoms with van der Waals surface area (Å²) >= 11 is 0. The smallest absolute Gasteiger partial charge is 0.162 e. The van der Waals surface area contributed by atoms with Crippen LogP contribution in [0.4, 0.5) is 5.69 Å². The van der Waals surface area contributed by atoms with Crippen LogP contribution >= 0.6 is 0 Å². The lowest BCUT2D eigenvalue weighted by Crippen LogP contribution is -2.15. The number of nitrogens with zero attached hydrogens (tertiary/aromatic N) is 2. The van der Waals surface area contributed by atoms with Crippen molar-refractivity contribution in [1.82, 2.24) is 9.38 Å². The fourth-order valence-corrected chi connectivity index (χ4v) is 2.80. The molecule has 0 atom stereocenters. The van der Waals surface area contributed by atoms with Crippen LogP contribution in [0, 0.1) is 13.8 Å². The van der Waals surface area contributed by atoms with E-state index < -0.39 is 0 Å². The van der Waals surface area contributed by atoms with Crippen LogP contribution in [0.15, 0.2) is 30.5 Å². The van der Waals surface area contributed by atoms with Crippen LogP contribution < -0.4 is 15.2 Å². The molecule has 0 saturated heterocycles. The van der Waals surface area contributed by atoms with Crippen molar-refractivity contribution in [1.29, 1.82) is 0 Å². The summed E-state index contributed by atoms with van der Waals surface area (Å²) in [6.07, 6.45) is 2.00. The van der Waals surface area contributed by atoms with E-state index in [9.17, 15) is 0 Å². The van der Waals surface area contributed by atoms with Gasteiger partial charge in [0.05, 0.1) is 11.4 Å². The first-order chi connectivity index (χ1) is 10.6. The fourth-order valence-electron chi connectivity index (χ4n) is 2.80. The minimum absolute atomic E-state index is 0.576. The standard InChI is InChI=1S/C17H17N3O2/c1-10-5-6-20-11(2)16(19-17(20)15(10)18)12-3-4-13-14(9-12)22-8-7-21-13/h3-6,9H,7-8,18H2,1-2H3. The highest BCUT2D eigenvalue weighted by molar-refractivity contribution is 5.76. The number of fused-ring (bicyclic) bond motifs is 2. The van der Waals surface area contributed by atoms with Crippen molar-refractivity contribution in [3.63, 3.8) is 0 Å². The zero-order valence-corrected chi connectivity index (χ0v) is 12.6. The van der Waals surface area contributed by atoms with Gasteiger partial charge < -0.3 is 19.6 Å². The van der Waals surface area contributed by atoms with E-state index in [0.717, 1.165) is 45.3 Å². The Morgan fingerprint density at radius 2 is 1.86 bits per heavy atom. The number of nitrogens with two attached hydrogens (primary N) is 1. The number of rotatable bonds is 1. The maximum Gasteiger partial charge on any atom is 0.162 e. The van der Waals surface area contributed by atoms with Crippen LogP contribution in [0.5, 0.6) is 11.5 Å². The third-order valence-corrected chi connectivity index (χ3v) is 4.10. The van der Waals surface area contributed by atoms with Gasteiger partial charge in [-0.05, 0) is 43.7 Å². The summed E-state index contributed by atoms with van der Waals surface area (Å²) in [7, 11) is 0. The van der Waals surface area contributed by atoms with Gasteiger partial charge in [0.25, 0.3) is 0 Å². The number of aryl methyl sites for hydroxylation is 2. The molecule has 0 fully saturated rings. The Labute approximate surface area is 128 Å². The zero-order valence-electron chi connectivity index (χ0n) is 12.6. The van der Waals surface area contributed by atoms with E-state index in [0.29, 0.717) is 13.2 Å². The van der Waals surface area contributed by atoms with Crippen molar-refractivity contribution in [3.05, 3.63) is 41.7 Å². The summed E-state index contributed by atoms with van der Waals surface area (Å²) in [6, 6.07) is 7.92. The van der Waals surface area contributed by atoms with Crippen LogP contribution in [0.25, 0.3) is 16.9 Å². The first-order valence-corrected chi connectivity index (χ1v) is 7.29. The number of imidazole rings is 1. The SMILES string of the molecule is Cc1ccn2c(C)c(-c3ccc4c(c3)OCCO4)nc2c1N. The molecular formula is C17H17N3O2. The molecule has 4 rings (SSSR count). The lowest BCUT2D eigenvalue weighted by Gasteiger charge is -2.18. The number of benzene rings is 1. The quantitative estimate of drug-likeness (QED) is 0.749. The van der Waals surface area contributed by atoms with Gasteiger partial charge in [-0.1, -0.05) is 0 Å². The number of pyridine rings is 1. The van der Waals surface area contributed by atoms with Crippen molar-refractivity contribution in [2.24, 2.45) is 0 Å². The number of hydrogen-bond acceptors (Lipinski definition) is 4. The second-order valence-electron chi connectivity index (χ2n) is 5.51. The summed E-state index contributed by atoms with van der Waals surface area (Å²) in [5.41, 5.74) is 11.7. The van der Waals surface area contributed by atoms with Gasteiger partial charge in [-0.3, -0.25) is 0 Å². The maximum absolute atomic E-state index is 6.16.